The Labute approximate surface area is 234 Å². The van der Waals surface area contributed by atoms with E-state index in [4.69, 9.17) is 4.99 Å². The number of ketones is 1. The predicted octanol–water partition coefficient (Wildman–Crippen LogP) is 3.44. The Bertz CT molecular complexity index is 1120. The maximum absolute atomic E-state index is 12.8. The van der Waals surface area contributed by atoms with Crippen molar-refractivity contribution < 1.29 is 4.79 Å². The van der Waals surface area contributed by atoms with E-state index in [1.165, 1.54) is 50.2 Å². The molecule has 0 aromatic carbocycles. The van der Waals surface area contributed by atoms with Gasteiger partial charge in [-0.1, -0.05) is 26.7 Å². The van der Waals surface area contributed by atoms with Crippen molar-refractivity contribution in [1.82, 2.24) is 25.0 Å². The molecule has 0 atom stereocenters. The highest BCUT2D eigenvalue weighted by molar-refractivity contribution is 6.16. The van der Waals surface area contributed by atoms with E-state index in [9.17, 15) is 4.79 Å². The van der Waals surface area contributed by atoms with Crippen LogP contribution in [0.15, 0.2) is 58.6 Å². The summed E-state index contributed by atoms with van der Waals surface area (Å²) in [6.45, 7) is 16.1. The quantitative estimate of drug-likeness (QED) is 0.496. The number of nitrogens with zero attached hydrogens (tertiary/aromatic N) is 6. The van der Waals surface area contributed by atoms with Crippen molar-refractivity contribution in [2.45, 2.75) is 46.0 Å². The van der Waals surface area contributed by atoms with Gasteiger partial charge in [-0.05, 0) is 50.2 Å². The second kappa shape index (κ2) is 13.4. The molecule has 2 saturated heterocycles. The number of carbonyl (C=O) groups excluding carboxylic acids is 1. The molecule has 1 aromatic rings. The van der Waals surface area contributed by atoms with Crippen LogP contribution in [0.25, 0.3) is 0 Å². The summed E-state index contributed by atoms with van der Waals surface area (Å²) in [5, 5.41) is 3.46. The van der Waals surface area contributed by atoms with E-state index in [0.29, 0.717) is 12.1 Å². The van der Waals surface area contributed by atoms with Gasteiger partial charge in [0.15, 0.2) is 5.78 Å². The molecule has 0 spiro atoms. The van der Waals surface area contributed by atoms with Crippen LogP contribution < -0.4 is 10.2 Å². The average Bonchev–Trinajstić information content (AvgIpc) is 2.99. The number of pyridine rings is 1. The number of hydrogen-bond acceptors (Lipinski definition) is 8. The second-order valence-electron chi connectivity index (χ2n) is 11.1. The molecule has 1 aromatic heterocycles. The van der Waals surface area contributed by atoms with Gasteiger partial charge in [-0.2, -0.15) is 0 Å². The summed E-state index contributed by atoms with van der Waals surface area (Å²) in [4.78, 5) is 32.4. The van der Waals surface area contributed by atoms with Gasteiger partial charge in [-0.15, -0.1) is 0 Å². The topological polar surface area (TPSA) is 67.3 Å². The zero-order chi connectivity index (χ0) is 27.0. The van der Waals surface area contributed by atoms with E-state index in [1.807, 2.05) is 6.20 Å². The van der Waals surface area contributed by atoms with Crippen LogP contribution in [0.2, 0.25) is 0 Å². The highest BCUT2D eigenvalue weighted by Gasteiger charge is 2.24. The highest BCUT2D eigenvalue weighted by atomic mass is 16.1. The van der Waals surface area contributed by atoms with Gasteiger partial charge < -0.3 is 15.1 Å². The molecule has 8 nitrogen and oxygen atoms in total. The summed E-state index contributed by atoms with van der Waals surface area (Å²) in [6, 6.07) is 4.19. The smallest absolute Gasteiger partial charge is 0.163 e. The normalized spacial score (nSPS) is 21.2. The minimum absolute atomic E-state index is 0.0788. The van der Waals surface area contributed by atoms with Gasteiger partial charge in [0.2, 0.25) is 0 Å². The van der Waals surface area contributed by atoms with E-state index in [0.717, 1.165) is 76.0 Å². The molecule has 4 aliphatic heterocycles. The number of unbranched alkanes of at least 4 members (excludes halogenated alkanes) is 2. The first-order chi connectivity index (χ1) is 19.1. The van der Waals surface area contributed by atoms with Crippen LogP contribution in [0.4, 0.5) is 5.69 Å². The first-order valence-corrected chi connectivity index (χ1v) is 15.0. The zero-order valence-electron chi connectivity index (χ0n) is 23.9. The molecular weight excluding hydrogens is 486 g/mol. The Balaban J connectivity index is 1.26. The van der Waals surface area contributed by atoms with E-state index in [1.54, 1.807) is 6.08 Å². The number of aromatic nitrogens is 1. The van der Waals surface area contributed by atoms with Gasteiger partial charge in [0.1, 0.15) is 0 Å². The van der Waals surface area contributed by atoms with Gasteiger partial charge in [-0.3, -0.25) is 19.6 Å². The summed E-state index contributed by atoms with van der Waals surface area (Å²) in [7, 11) is 0. The van der Waals surface area contributed by atoms with Crippen molar-refractivity contribution in [3.63, 3.8) is 0 Å². The molecule has 0 bridgehead atoms. The Morgan fingerprint density at radius 1 is 0.872 bits per heavy atom. The van der Waals surface area contributed by atoms with E-state index < -0.39 is 0 Å². The molecule has 0 amide bonds. The van der Waals surface area contributed by atoms with Gasteiger partial charge in [0.25, 0.3) is 0 Å². The summed E-state index contributed by atoms with van der Waals surface area (Å²) in [5.41, 5.74) is 5.59. The zero-order valence-corrected chi connectivity index (χ0v) is 23.9. The average molecular weight is 532 g/mol. The molecule has 0 radical (unpaired) electrons. The number of carbonyl (C=O) groups is 1. The van der Waals surface area contributed by atoms with Gasteiger partial charge in [-0.25, -0.2) is 4.99 Å². The van der Waals surface area contributed by atoms with Gasteiger partial charge in [0, 0.05) is 82.6 Å². The minimum atomic E-state index is 0.0788. The van der Waals surface area contributed by atoms with Crippen LogP contribution in [-0.2, 0) is 4.79 Å². The number of hydrogen-bond donors (Lipinski definition) is 1. The summed E-state index contributed by atoms with van der Waals surface area (Å²) in [5.74, 6) is 0.0788. The van der Waals surface area contributed by atoms with E-state index >= 15 is 0 Å². The van der Waals surface area contributed by atoms with Crippen LogP contribution in [0.5, 0.6) is 0 Å². The van der Waals surface area contributed by atoms with Crippen molar-refractivity contribution in [2.75, 3.05) is 76.9 Å². The molecule has 0 saturated carbocycles. The number of allylic oxidation sites excluding steroid dienone is 2. The third-order valence-corrected chi connectivity index (χ3v) is 8.24. The number of aliphatic imine (C=N–C) groups is 1. The number of piperazine rings is 2. The molecule has 0 aliphatic carbocycles. The van der Waals surface area contributed by atoms with Crippen LogP contribution in [0, 0.1) is 0 Å². The molecule has 5 heterocycles. The minimum Gasteiger partial charge on any atom is -0.380 e. The predicted molar refractivity (Wildman–Crippen MR) is 159 cm³/mol. The lowest BCUT2D eigenvalue weighted by Gasteiger charge is -2.37. The molecule has 8 heteroatoms. The lowest BCUT2D eigenvalue weighted by Crippen LogP contribution is -2.46. The fourth-order valence-corrected chi connectivity index (χ4v) is 5.78. The van der Waals surface area contributed by atoms with Crippen LogP contribution in [-0.4, -0.2) is 103 Å². The molecule has 39 heavy (non-hydrogen) atoms. The number of rotatable bonds is 10. The molecule has 4 aliphatic rings. The monoisotopic (exact) mass is 531 g/mol. The largest absolute Gasteiger partial charge is 0.380 e. The van der Waals surface area contributed by atoms with Crippen molar-refractivity contribution >= 4 is 17.2 Å². The van der Waals surface area contributed by atoms with Crippen LogP contribution in [0.3, 0.4) is 0 Å². The third kappa shape index (κ3) is 7.17. The standard InChI is InChI=1S/C31H45N7O/c1-3-5-11-35-13-17-37(18-14-35)25-7-9-32-28(21-25)30-23-27(39)24-31(34-30)29-22-26(8-10-33-29)38-19-15-36(16-20-38)12-6-4-2/h7-9,21-22,24,33H,3-6,10-20,23H2,1-2H3. The lowest BCUT2D eigenvalue weighted by atomic mass is 10.0. The second-order valence-corrected chi connectivity index (χ2v) is 11.1. The molecular formula is C31H45N7O. The molecule has 210 valence electrons. The SMILES string of the molecule is CCCCN1CCN(C2=CCNC(C3=CC(=O)CC(c4cc(N5CCN(CCCC)CC5)ccn4)=N3)=C2)CC1. The molecule has 2 fully saturated rings. The van der Waals surface area contributed by atoms with Gasteiger partial charge >= 0.3 is 0 Å². The Kier molecular flexibility index (Phi) is 9.48. The van der Waals surface area contributed by atoms with Gasteiger partial charge in [0.05, 0.1) is 29.2 Å². The Morgan fingerprint density at radius 2 is 1.54 bits per heavy atom. The molecule has 5 rings (SSSR count). The number of nitrogens with one attached hydrogen (secondary N) is 1. The van der Waals surface area contributed by atoms with Crippen LogP contribution in [0.1, 0.15) is 51.6 Å². The summed E-state index contributed by atoms with van der Waals surface area (Å²) in [6.07, 6.45) is 13.3. The summed E-state index contributed by atoms with van der Waals surface area (Å²) >= 11 is 0. The van der Waals surface area contributed by atoms with E-state index in [-0.39, 0.29) is 5.78 Å². The van der Waals surface area contributed by atoms with Crippen LogP contribution >= 0.6 is 0 Å². The third-order valence-electron chi connectivity index (χ3n) is 8.24. The Morgan fingerprint density at radius 3 is 2.21 bits per heavy atom. The first kappa shape index (κ1) is 27.6. The van der Waals surface area contributed by atoms with Crippen molar-refractivity contribution in [2.24, 2.45) is 4.99 Å². The first-order valence-electron chi connectivity index (χ1n) is 15.0. The van der Waals surface area contributed by atoms with E-state index in [2.05, 4.69) is 68.0 Å². The van der Waals surface area contributed by atoms with Crippen molar-refractivity contribution in [3.8, 4) is 0 Å². The maximum Gasteiger partial charge on any atom is 0.163 e. The highest BCUT2D eigenvalue weighted by Crippen LogP contribution is 2.25. The number of anilines is 1. The number of dihydropyridines is 1. The molecule has 0 unspecified atom stereocenters. The fourth-order valence-electron chi connectivity index (χ4n) is 5.78. The summed E-state index contributed by atoms with van der Waals surface area (Å²) < 4.78 is 0. The van der Waals surface area contributed by atoms with Crippen molar-refractivity contribution in [3.05, 3.63) is 59.3 Å². The lowest BCUT2D eigenvalue weighted by molar-refractivity contribution is -0.113. The molecule has 1 N–H and O–H groups in total. The Hall–Kier alpha value is -2.97. The maximum atomic E-state index is 12.8. The van der Waals surface area contributed by atoms with Crippen molar-refractivity contribution in [1.29, 1.82) is 0 Å². The fraction of sp³-hybridized carbons (Fsp3) is 0.581.